The number of aryl methyl sites for hydroxylation is 1. The second kappa shape index (κ2) is 8.82. The zero-order valence-corrected chi connectivity index (χ0v) is 18.9. The molecule has 0 aliphatic heterocycles. The highest BCUT2D eigenvalue weighted by Crippen LogP contribution is 2.18. The topological polar surface area (TPSA) is 92.6 Å². The largest absolute Gasteiger partial charge is 0.487 e. The monoisotopic (exact) mass is 453 g/mol. The highest BCUT2D eigenvalue weighted by molar-refractivity contribution is 5.94. The highest BCUT2D eigenvalue weighted by Gasteiger charge is 2.15. The summed E-state index contributed by atoms with van der Waals surface area (Å²) in [5.74, 6) is 0.795. The third-order valence-electron chi connectivity index (χ3n) is 5.59. The maximum absolute atomic E-state index is 13.0. The van der Waals surface area contributed by atoms with E-state index in [9.17, 15) is 9.59 Å². The van der Waals surface area contributed by atoms with Crippen molar-refractivity contribution in [2.45, 2.75) is 20.1 Å². The molecule has 0 saturated carbocycles. The molecule has 0 saturated heterocycles. The lowest BCUT2D eigenvalue weighted by Crippen LogP contribution is -2.28. The molecule has 3 heterocycles. The van der Waals surface area contributed by atoms with Crippen LogP contribution in [0.25, 0.3) is 16.6 Å². The number of fused-ring (bicyclic) bond motifs is 2. The van der Waals surface area contributed by atoms with Crippen molar-refractivity contribution in [1.29, 1.82) is 0 Å². The van der Waals surface area contributed by atoms with Crippen molar-refractivity contribution in [2.24, 2.45) is 0 Å². The van der Waals surface area contributed by atoms with Gasteiger partial charge >= 0.3 is 0 Å². The van der Waals surface area contributed by atoms with Gasteiger partial charge in [-0.1, -0.05) is 24.3 Å². The number of aromatic nitrogens is 4. The highest BCUT2D eigenvalue weighted by atomic mass is 16.5. The van der Waals surface area contributed by atoms with Gasteiger partial charge in [0.2, 0.25) is 0 Å². The third kappa shape index (κ3) is 4.25. The lowest BCUT2D eigenvalue weighted by atomic mass is 10.2. The van der Waals surface area contributed by atoms with E-state index in [4.69, 9.17) is 4.74 Å². The number of pyridine rings is 1. The van der Waals surface area contributed by atoms with Crippen LogP contribution in [0.15, 0.2) is 77.9 Å². The molecule has 0 unspecified atom stereocenters. The zero-order chi connectivity index (χ0) is 23.7. The molecule has 8 heteroatoms. The summed E-state index contributed by atoms with van der Waals surface area (Å²) in [4.78, 5) is 38.7. The Morgan fingerprint density at radius 3 is 2.79 bits per heavy atom. The number of nitrogens with zero attached hydrogens (tertiary/aromatic N) is 4. The number of benzene rings is 2. The van der Waals surface area contributed by atoms with Gasteiger partial charge in [0.25, 0.3) is 11.5 Å². The quantitative estimate of drug-likeness (QED) is 0.423. The first-order chi connectivity index (χ1) is 16.5. The van der Waals surface area contributed by atoms with Crippen LogP contribution in [0.1, 0.15) is 27.4 Å². The molecule has 2 aromatic carbocycles. The SMILES string of the molecule is Cc1cccn2cc(COc3cccc(C(=O)N(C)Cc4nc5ccccc5c(=O)[nH]4)c3)nc12. The van der Waals surface area contributed by atoms with Crippen molar-refractivity contribution in [1.82, 2.24) is 24.3 Å². The van der Waals surface area contributed by atoms with E-state index in [-0.39, 0.29) is 24.6 Å². The normalized spacial score (nSPS) is 11.1. The number of rotatable bonds is 6. The van der Waals surface area contributed by atoms with Gasteiger partial charge in [-0.15, -0.1) is 0 Å². The third-order valence-corrected chi connectivity index (χ3v) is 5.59. The van der Waals surface area contributed by atoms with E-state index in [0.717, 1.165) is 16.9 Å². The summed E-state index contributed by atoms with van der Waals surface area (Å²) < 4.78 is 7.87. The number of carbonyl (C=O) groups is 1. The molecule has 0 spiro atoms. The Hall–Kier alpha value is -4.46. The summed E-state index contributed by atoms with van der Waals surface area (Å²) in [5, 5.41) is 0.519. The molecule has 3 aromatic heterocycles. The summed E-state index contributed by atoms with van der Waals surface area (Å²) in [5.41, 5.74) is 3.64. The van der Waals surface area contributed by atoms with E-state index >= 15 is 0 Å². The smallest absolute Gasteiger partial charge is 0.258 e. The van der Waals surface area contributed by atoms with E-state index < -0.39 is 0 Å². The summed E-state index contributed by atoms with van der Waals surface area (Å²) in [6.07, 6.45) is 3.88. The van der Waals surface area contributed by atoms with Crippen molar-refractivity contribution in [3.63, 3.8) is 0 Å². The van der Waals surface area contributed by atoms with Crippen molar-refractivity contribution >= 4 is 22.5 Å². The van der Waals surface area contributed by atoms with Gasteiger partial charge in [-0.2, -0.15) is 0 Å². The lowest BCUT2D eigenvalue weighted by Gasteiger charge is -2.17. The fourth-order valence-corrected chi connectivity index (χ4v) is 3.88. The lowest BCUT2D eigenvalue weighted by molar-refractivity contribution is 0.0781. The average Bonchev–Trinajstić information content (AvgIpc) is 3.27. The van der Waals surface area contributed by atoms with Gasteiger partial charge in [0.15, 0.2) is 0 Å². The number of para-hydroxylation sites is 1. The van der Waals surface area contributed by atoms with Crippen LogP contribution in [-0.2, 0) is 13.2 Å². The first kappa shape index (κ1) is 21.4. The molecule has 0 atom stereocenters. The zero-order valence-electron chi connectivity index (χ0n) is 18.9. The number of carbonyl (C=O) groups excluding carboxylic acids is 1. The van der Waals surface area contributed by atoms with Crippen LogP contribution < -0.4 is 10.3 Å². The van der Waals surface area contributed by atoms with E-state index in [1.54, 1.807) is 49.5 Å². The van der Waals surface area contributed by atoms with Crippen molar-refractivity contribution in [2.75, 3.05) is 7.05 Å². The van der Waals surface area contributed by atoms with E-state index in [1.807, 2.05) is 41.9 Å². The molecule has 170 valence electrons. The number of hydrogen-bond acceptors (Lipinski definition) is 5. The minimum absolute atomic E-state index is 0.171. The molecule has 0 fully saturated rings. The van der Waals surface area contributed by atoms with Crippen LogP contribution in [0.4, 0.5) is 0 Å². The Labute approximate surface area is 195 Å². The summed E-state index contributed by atoms with van der Waals surface area (Å²) >= 11 is 0. The molecule has 1 N–H and O–H groups in total. The first-order valence-electron chi connectivity index (χ1n) is 10.9. The molecule has 0 bridgehead atoms. The standard InChI is InChI=1S/C26H23N5O3/c1-17-7-6-12-31-14-19(27-24(17)31)16-34-20-9-5-8-18(13-20)26(33)30(2)15-23-28-22-11-4-3-10-21(22)25(32)29-23/h3-14H,15-16H2,1-2H3,(H,28,29,32). The van der Waals surface area contributed by atoms with Crippen LogP contribution in [0, 0.1) is 6.92 Å². The maximum atomic E-state index is 13.0. The summed E-state index contributed by atoms with van der Waals surface area (Å²) in [6.45, 7) is 2.48. The first-order valence-corrected chi connectivity index (χ1v) is 10.9. The summed E-state index contributed by atoms with van der Waals surface area (Å²) in [6, 6.07) is 18.1. The van der Waals surface area contributed by atoms with E-state index in [0.29, 0.717) is 28.0 Å². The van der Waals surface area contributed by atoms with Crippen LogP contribution in [0.2, 0.25) is 0 Å². The number of imidazole rings is 1. The van der Waals surface area contributed by atoms with Gasteiger partial charge in [-0.05, 0) is 48.9 Å². The Bertz CT molecular complexity index is 1570. The second-order valence-corrected chi connectivity index (χ2v) is 8.16. The molecule has 5 aromatic rings. The number of amides is 1. The Morgan fingerprint density at radius 2 is 1.94 bits per heavy atom. The Kier molecular flexibility index (Phi) is 5.55. The minimum Gasteiger partial charge on any atom is -0.487 e. The predicted octanol–water partition coefficient (Wildman–Crippen LogP) is 3.73. The Balaban J connectivity index is 1.28. The fourth-order valence-electron chi connectivity index (χ4n) is 3.88. The average molecular weight is 454 g/mol. The number of H-pyrrole nitrogens is 1. The van der Waals surface area contributed by atoms with Crippen molar-refractivity contribution in [3.8, 4) is 5.75 Å². The van der Waals surface area contributed by atoms with Gasteiger partial charge in [0.05, 0.1) is 23.1 Å². The van der Waals surface area contributed by atoms with Gasteiger partial charge in [0, 0.05) is 25.0 Å². The van der Waals surface area contributed by atoms with E-state index in [2.05, 4.69) is 15.0 Å². The van der Waals surface area contributed by atoms with Crippen LogP contribution in [0.3, 0.4) is 0 Å². The van der Waals surface area contributed by atoms with E-state index in [1.165, 1.54) is 4.90 Å². The number of aromatic amines is 1. The van der Waals surface area contributed by atoms with Gasteiger partial charge in [0.1, 0.15) is 23.8 Å². The van der Waals surface area contributed by atoms with Crippen molar-refractivity contribution in [3.05, 3.63) is 106 Å². The molecule has 5 rings (SSSR count). The second-order valence-electron chi connectivity index (χ2n) is 8.16. The van der Waals surface area contributed by atoms with Crippen LogP contribution >= 0.6 is 0 Å². The minimum atomic E-state index is -0.223. The van der Waals surface area contributed by atoms with Gasteiger partial charge in [-0.25, -0.2) is 9.97 Å². The number of hydrogen-bond donors (Lipinski definition) is 1. The van der Waals surface area contributed by atoms with Crippen molar-refractivity contribution < 1.29 is 9.53 Å². The predicted molar refractivity (Wildman–Crippen MR) is 129 cm³/mol. The Morgan fingerprint density at radius 1 is 1.09 bits per heavy atom. The molecule has 8 nitrogen and oxygen atoms in total. The maximum Gasteiger partial charge on any atom is 0.258 e. The molecule has 0 radical (unpaired) electrons. The fraction of sp³-hybridized carbons (Fsp3) is 0.154. The molecule has 0 aliphatic carbocycles. The van der Waals surface area contributed by atoms with Gasteiger partial charge < -0.3 is 19.0 Å². The molecule has 1 amide bonds. The molecular formula is C26H23N5O3. The molecule has 34 heavy (non-hydrogen) atoms. The van der Waals surface area contributed by atoms with Crippen LogP contribution in [0.5, 0.6) is 5.75 Å². The molecule has 0 aliphatic rings. The van der Waals surface area contributed by atoms with Crippen LogP contribution in [-0.4, -0.2) is 37.2 Å². The summed E-state index contributed by atoms with van der Waals surface area (Å²) in [7, 11) is 1.67. The molecular weight excluding hydrogens is 430 g/mol. The number of nitrogens with one attached hydrogen (secondary N) is 1. The number of ether oxygens (including phenoxy) is 1. The van der Waals surface area contributed by atoms with Gasteiger partial charge in [-0.3, -0.25) is 9.59 Å².